The van der Waals surface area contributed by atoms with Crippen molar-refractivity contribution >= 4 is 34.6 Å². The summed E-state index contributed by atoms with van der Waals surface area (Å²) in [6.45, 7) is 8.17. The highest BCUT2D eigenvalue weighted by Crippen LogP contribution is 2.19. The van der Waals surface area contributed by atoms with Gasteiger partial charge in [0.05, 0.1) is 0 Å². The Kier molecular flexibility index (Phi) is 2.73. The van der Waals surface area contributed by atoms with Gasteiger partial charge in [0.25, 0.3) is 0 Å². The lowest BCUT2D eigenvalue weighted by Crippen LogP contribution is -2.01. The third kappa shape index (κ3) is 1.74. The first-order valence-electron chi connectivity index (χ1n) is 7.35. The molecular formula is C20H16O2. The third-order valence-electron chi connectivity index (χ3n) is 4.05. The number of hydrogen-bond donors (Lipinski definition) is 0. The molecule has 0 saturated heterocycles. The van der Waals surface area contributed by atoms with Crippen LogP contribution in [0.1, 0.15) is 12.5 Å². The van der Waals surface area contributed by atoms with Crippen molar-refractivity contribution in [3.63, 3.8) is 0 Å². The van der Waals surface area contributed by atoms with E-state index in [9.17, 15) is 0 Å². The van der Waals surface area contributed by atoms with E-state index in [2.05, 4.69) is 31.7 Å². The van der Waals surface area contributed by atoms with Gasteiger partial charge < -0.3 is 8.83 Å². The molecule has 2 heteroatoms. The lowest BCUT2D eigenvalue weighted by atomic mass is 10.1. The van der Waals surface area contributed by atoms with Crippen molar-refractivity contribution in [1.82, 2.24) is 0 Å². The lowest BCUT2D eigenvalue weighted by molar-refractivity contribution is 0.569. The van der Waals surface area contributed by atoms with Crippen molar-refractivity contribution in [1.29, 1.82) is 0 Å². The summed E-state index contributed by atoms with van der Waals surface area (Å²) in [4.78, 5) is 0. The predicted molar refractivity (Wildman–Crippen MR) is 89.7 cm³/mol. The van der Waals surface area contributed by atoms with E-state index in [4.69, 9.17) is 8.83 Å². The van der Waals surface area contributed by atoms with Crippen molar-refractivity contribution in [2.24, 2.45) is 0 Å². The molecule has 22 heavy (non-hydrogen) atoms. The fourth-order valence-corrected chi connectivity index (χ4v) is 3.06. The zero-order chi connectivity index (χ0) is 15.3. The molecule has 0 bridgehead atoms. The molecule has 0 N–H and O–H groups in total. The van der Waals surface area contributed by atoms with E-state index in [-0.39, 0.29) is 0 Å². The van der Waals surface area contributed by atoms with E-state index in [1.165, 1.54) is 5.56 Å². The van der Waals surface area contributed by atoms with E-state index < -0.39 is 0 Å². The standard InChI is InChI=1S/C20H16O2/c1-4-16-20(14-7-5-6-8-17(14)22-16)19-13(3)21-18-10-9-12(2)11-15(18)19/h4-11H,3H2,1-2H3/b16-4+,20-19+. The van der Waals surface area contributed by atoms with Gasteiger partial charge in [0.15, 0.2) is 0 Å². The second-order valence-electron chi connectivity index (χ2n) is 5.53. The van der Waals surface area contributed by atoms with Crippen molar-refractivity contribution in [2.75, 3.05) is 0 Å². The molecule has 4 rings (SSSR count). The van der Waals surface area contributed by atoms with Crippen LogP contribution in [0.2, 0.25) is 0 Å². The molecule has 2 nitrogen and oxygen atoms in total. The Labute approximate surface area is 127 Å². The minimum Gasteiger partial charge on any atom is -0.457 e. The molecule has 0 atom stereocenters. The molecule has 0 radical (unpaired) electrons. The summed E-state index contributed by atoms with van der Waals surface area (Å²) in [5.74, 6) is 0. The quantitative estimate of drug-likeness (QED) is 0.489. The number of para-hydroxylation sites is 1. The molecule has 2 aromatic heterocycles. The van der Waals surface area contributed by atoms with Gasteiger partial charge in [0, 0.05) is 21.2 Å². The Morgan fingerprint density at radius 3 is 2.50 bits per heavy atom. The summed E-state index contributed by atoms with van der Waals surface area (Å²) >= 11 is 0. The maximum absolute atomic E-state index is 5.98. The van der Waals surface area contributed by atoms with Crippen molar-refractivity contribution in [2.45, 2.75) is 13.8 Å². The van der Waals surface area contributed by atoms with Crippen molar-refractivity contribution in [3.05, 3.63) is 69.3 Å². The monoisotopic (exact) mass is 288 g/mol. The van der Waals surface area contributed by atoms with E-state index in [0.717, 1.165) is 37.8 Å². The van der Waals surface area contributed by atoms with Gasteiger partial charge in [-0.1, -0.05) is 36.4 Å². The van der Waals surface area contributed by atoms with E-state index >= 15 is 0 Å². The zero-order valence-electron chi connectivity index (χ0n) is 12.6. The molecule has 0 fully saturated rings. The largest absolute Gasteiger partial charge is 0.457 e. The van der Waals surface area contributed by atoms with Gasteiger partial charge in [-0.2, -0.15) is 0 Å². The van der Waals surface area contributed by atoms with Crippen LogP contribution < -0.4 is 10.8 Å². The van der Waals surface area contributed by atoms with Gasteiger partial charge in [-0.3, -0.25) is 0 Å². The van der Waals surface area contributed by atoms with E-state index in [0.29, 0.717) is 5.42 Å². The smallest absolute Gasteiger partial charge is 0.135 e. The van der Waals surface area contributed by atoms with Crippen LogP contribution in [0, 0.1) is 17.4 Å². The molecule has 0 unspecified atom stereocenters. The molecule has 2 aromatic carbocycles. The molecule has 2 heterocycles. The molecule has 0 spiro atoms. The normalized spacial score (nSPS) is 14.2. The van der Waals surface area contributed by atoms with Gasteiger partial charge in [-0.15, -0.1) is 0 Å². The summed E-state index contributed by atoms with van der Waals surface area (Å²) in [7, 11) is 0. The van der Waals surface area contributed by atoms with Crippen LogP contribution >= 0.6 is 0 Å². The van der Waals surface area contributed by atoms with Crippen molar-refractivity contribution < 1.29 is 8.83 Å². The van der Waals surface area contributed by atoms with Crippen LogP contribution in [-0.2, 0) is 0 Å². The van der Waals surface area contributed by atoms with Gasteiger partial charge in [-0.05, 0) is 38.1 Å². The molecule has 0 saturated carbocycles. The summed E-state index contributed by atoms with van der Waals surface area (Å²) in [6, 6.07) is 14.3. The Morgan fingerprint density at radius 1 is 0.909 bits per heavy atom. The number of hydrogen-bond acceptors (Lipinski definition) is 2. The number of fused-ring (bicyclic) bond motifs is 2. The van der Waals surface area contributed by atoms with Crippen LogP contribution in [0.4, 0.5) is 0 Å². The van der Waals surface area contributed by atoms with E-state index in [1.807, 2.05) is 37.3 Å². The number of furan rings is 2. The highest BCUT2D eigenvalue weighted by molar-refractivity contribution is 5.83. The van der Waals surface area contributed by atoms with Gasteiger partial charge >= 0.3 is 0 Å². The molecule has 0 amide bonds. The van der Waals surface area contributed by atoms with E-state index in [1.54, 1.807) is 0 Å². The Balaban J connectivity index is 2.48. The SMILES string of the molecule is C=c1oc2ccc(C)cc2/c1=c1/c(=C\C)oc2ccccc12. The maximum Gasteiger partial charge on any atom is 0.135 e. The molecule has 108 valence electrons. The van der Waals surface area contributed by atoms with Gasteiger partial charge in [0.1, 0.15) is 22.0 Å². The lowest BCUT2D eigenvalue weighted by Gasteiger charge is -1.91. The summed E-state index contributed by atoms with van der Waals surface area (Å²) in [6.07, 6.45) is 1.99. The number of aryl methyl sites for hydroxylation is 1. The molecule has 4 aromatic rings. The predicted octanol–water partition coefficient (Wildman–Crippen LogP) is 3.99. The average Bonchev–Trinajstić information content (AvgIpc) is 3.03. The first kappa shape index (κ1) is 13.0. The molecule has 0 aliphatic rings. The first-order chi connectivity index (χ1) is 10.7. The second kappa shape index (κ2) is 4.63. The van der Waals surface area contributed by atoms with Crippen LogP contribution in [0.25, 0.3) is 34.6 Å². The van der Waals surface area contributed by atoms with Crippen molar-refractivity contribution in [3.8, 4) is 0 Å². The van der Waals surface area contributed by atoms with Gasteiger partial charge in [-0.25, -0.2) is 0 Å². The van der Waals surface area contributed by atoms with Crippen LogP contribution in [0.15, 0.2) is 51.3 Å². The minimum atomic E-state index is 0.676. The first-order valence-corrected chi connectivity index (χ1v) is 7.35. The second-order valence-corrected chi connectivity index (χ2v) is 5.53. The number of rotatable bonds is 0. The summed E-state index contributed by atoms with van der Waals surface area (Å²) in [5.41, 5.74) is 4.47. The average molecular weight is 288 g/mol. The highest BCUT2D eigenvalue weighted by Gasteiger charge is 2.08. The summed E-state index contributed by atoms with van der Waals surface area (Å²) in [5, 5.41) is 4.26. The highest BCUT2D eigenvalue weighted by atomic mass is 16.3. The molecule has 0 aliphatic heterocycles. The fraction of sp³-hybridized carbons (Fsp3) is 0.100. The van der Waals surface area contributed by atoms with Crippen LogP contribution in [0.3, 0.4) is 0 Å². The number of benzene rings is 2. The third-order valence-corrected chi connectivity index (χ3v) is 4.05. The molecule has 0 aliphatic carbocycles. The topological polar surface area (TPSA) is 26.3 Å². The maximum atomic E-state index is 5.98. The zero-order valence-corrected chi connectivity index (χ0v) is 12.6. The van der Waals surface area contributed by atoms with Crippen LogP contribution in [-0.4, -0.2) is 0 Å². The minimum absolute atomic E-state index is 0.676. The van der Waals surface area contributed by atoms with Gasteiger partial charge in [0.2, 0.25) is 0 Å². The Morgan fingerprint density at radius 2 is 1.68 bits per heavy atom. The Bertz CT molecular complexity index is 1210. The van der Waals surface area contributed by atoms with Crippen LogP contribution in [0.5, 0.6) is 0 Å². The summed E-state index contributed by atoms with van der Waals surface area (Å²) < 4.78 is 11.8. The Hall–Kier alpha value is -2.74. The fourth-order valence-electron chi connectivity index (χ4n) is 3.06. The molecular weight excluding hydrogens is 272 g/mol.